The molecule has 0 aromatic carbocycles. The van der Waals surface area contributed by atoms with Crippen LogP contribution in [0.5, 0.6) is 0 Å². The van der Waals surface area contributed by atoms with Crippen LogP contribution in [-0.4, -0.2) is 25.4 Å². The van der Waals surface area contributed by atoms with Gasteiger partial charge in [-0.1, -0.05) is 20.8 Å². The lowest BCUT2D eigenvalue weighted by atomic mass is 10.1. The first-order valence-corrected chi connectivity index (χ1v) is 6.53. The van der Waals surface area contributed by atoms with Gasteiger partial charge in [-0.05, 0) is 45.4 Å². The molecule has 0 radical (unpaired) electrons. The Kier molecular flexibility index (Phi) is 8.04. The fourth-order valence-electron chi connectivity index (χ4n) is 1.25. The molecule has 0 N–H and O–H groups in total. The van der Waals surface area contributed by atoms with Gasteiger partial charge in [0.05, 0.1) is 5.60 Å². The van der Waals surface area contributed by atoms with Gasteiger partial charge >= 0.3 is 0 Å². The average molecular weight is 230 g/mol. The van der Waals surface area contributed by atoms with Crippen LogP contribution in [-0.2, 0) is 9.47 Å². The van der Waals surface area contributed by atoms with Crippen molar-refractivity contribution in [3.8, 4) is 0 Å². The van der Waals surface area contributed by atoms with Gasteiger partial charge in [0.25, 0.3) is 0 Å². The largest absolute Gasteiger partial charge is 0.381 e. The summed E-state index contributed by atoms with van der Waals surface area (Å²) in [4.78, 5) is 0. The zero-order valence-corrected chi connectivity index (χ0v) is 12.0. The summed E-state index contributed by atoms with van der Waals surface area (Å²) in [6.45, 7) is 15.5. The van der Waals surface area contributed by atoms with Gasteiger partial charge in [0.2, 0.25) is 0 Å². The normalized spacial score (nSPS) is 14.4. The van der Waals surface area contributed by atoms with Gasteiger partial charge in [-0.2, -0.15) is 0 Å². The average Bonchev–Trinajstić information content (AvgIpc) is 2.10. The third-order valence-electron chi connectivity index (χ3n) is 2.39. The van der Waals surface area contributed by atoms with Crippen LogP contribution in [0, 0.1) is 11.8 Å². The van der Waals surface area contributed by atoms with Gasteiger partial charge in [0.15, 0.2) is 0 Å². The molecule has 0 rings (SSSR count). The molecule has 0 amide bonds. The summed E-state index contributed by atoms with van der Waals surface area (Å²) in [5, 5.41) is 0. The lowest BCUT2D eigenvalue weighted by Crippen LogP contribution is -2.21. The Morgan fingerprint density at radius 3 is 2.06 bits per heavy atom. The van der Waals surface area contributed by atoms with E-state index in [2.05, 4.69) is 41.5 Å². The lowest BCUT2D eigenvalue weighted by Gasteiger charge is -2.21. The van der Waals surface area contributed by atoms with Crippen molar-refractivity contribution in [3.63, 3.8) is 0 Å². The Balaban J connectivity index is 3.35. The second-order valence-electron chi connectivity index (χ2n) is 6.11. The van der Waals surface area contributed by atoms with E-state index in [1.807, 2.05) is 0 Å². The minimum atomic E-state index is -0.0157. The highest BCUT2D eigenvalue weighted by molar-refractivity contribution is 4.60. The van der Waals surface area contributed by atoms with Crippen molar-refractivity contribution < 1.29 is 9.47 Å². The van der Waals surface area contributed by atoms with E-state index < -0.39 is 0 Å². The number of rotatable bonds is 8. The van der Waals surface area contributed by atoms with Crippen molar-refractivity contribution >= 4 is 0 Å². The molecule has 0 aliphatic rings. The second kappa shape index (κ2) is 8.08. The summed E-state index contributed by atoms with van der Waals surface area (Å²) < 4.78 is 11.3. The van der Waals surface area contributed by atoms with Gasteiger partial charge in [0, 0.05) is 19.8 Å². The summed E-state index contributed by atoms with van der Waals surface area (Å²) in [7, 11) is 0. The SMILES string of the molecule is CC(C)CCOCC(C)CCOC(C)(C)C. The Morgan fingerprint density at radius 2 is 1.56 bits per heavy atom. The van der Waals surface area contributed by atoms with Crippen LogP contribution in [0.15, 0.2) is 0 Å². The number of hydrogen-bond acceptors (Lipinski definition) is 2. The van der Waals surface area contributed by atoms with E-state index in [9.17, 15) is 0 Å². The standard InChI is InChI=1S/C14H30O2/c1-12(2)7-9-15-11-13(3)8-10-16-14(4,5)6/h12-13H,7-11H2,1-6H3. The Labute approximate surface area is 102 Å². The lowest BCUT2D eigenvalue weighted by molar-refractivity contribution is -0.0143. The molecular formula is C14H30O2. The van der Waals surface area contributed by atoms with Gasteiger partial charge in [-0.15, -0.1) is 0 Å². The fourth-order valence-corrected chi connectivity index (χ4v) is 1.25. The molecule has 0 aromatic heterocycles. The molecule has 1 unspecified atom stereocenters. The molecule has 0 bridgehead atoms. The predicted octanol–water partition coefficient (Wildman–Crippen LogP) is 3.89. The van der Waals surface area contributed by atoms with Crippen LogP contribution in [0.25, 0.3) is 0 Å². The number of ether oxygens (including phenoxy) is 2. The summed E-state index contributed by atoms with van der Waals surface area (Å²) in [5.41, 5.74) is -0.0157. The molecule has 98 valence electrons. The molecule has 0 aliphatic heterocycles. The van der Waals surface area contributed by atoms with E-state index in [0.717, 1.165) is 38.6 Å². The molecule has 1 atom stereocenters. The van der Waals surface area contributed by atoms with Crippen LogP contribution < -0.4 is 0 Å². The topological polar surface area (TPSA) is 18.5 Å². The molecule has 0 spiro atoms. The van der Waals surface area contributed by atoms with Crippen molar-refractivity contribution in [1.82, 2.24) is 0 Å². The first-order chi connectivity index (χ1) is 7.31. The molecule has 16 heavy (non-hydrogen) atoms. The van der Waals surface area contributed by atoms with E-state index in [1.165, 1.54) is 0 Å². The molecule has 2 nitrogen and oxygen atoms in total. The third-order valence-corrected chi connectivity index (χ3v) is 2.39. The first kappa shape index (κ1) is 15.9. The van der Waals surface area contributed by atoms with Crippen LogP contribution in [0.1, 0.15) is 54.4 Å². The van der Waals surface area contributed by atoms with Crippen molar-refractivity contribution in [2.24, 2.45) is 11.8 Å². The second-order valence-corrected chi connectivity index (χ2v) is 6.11. The maximum atomic E-state index is 5.69. The predicted molar refractivity (Wildman–Crippen MR) is 69.8 cm³/mol. The highest BCUT2D eigenvalue weighted by Gasteiger charge is 2.10. The summed E-state index contributed by atoms with van der Waals surface area (Å²) in [5.74, 6) is 1.33. The van der Waals surface area contributed by atoms with Crippen LogP contribution in [0.4, 0.5) is 0 Å². The van der Waals surface area contributed by atoms with E-state index in [1.54, 1.807) is 0 Å². The van der Waals surface area contributed by atoms with Gasteiger partial charge < -0.3 is 9.47 Å². The monoisotopic (exact) mass is 230 g/mol. The van der Waals surface area contributed by atoms with E-state index in [0.29, 0.717) is 5.92 Å². The maximum absolute atomic E-state index is 5.69. The summed E-state index contributed by atoms with van der Waals surface area (Å²) >= 11 is 0. The molecule has 0 aliphatic carbocycles. The Bertz CT molecular complexity index is 159. The number of hydrogen-bond donors (Lipinski definition) is 0. The molecular weight excluding hydrogens is 200 g/mol. The van der Waals surface area contributed by atoms with E-state index >= 15 is 0 Å². The Hall–Kier alpha value is -0.0800. The molecule has 0 aromatic rings. The minimum absolute atomic E-state index is 0.0157. The smallest absolute Gasteiger partial charge is 0.0598 e. The minimum Gasteiger partial charge on any atom is -0.381 e. The van der Waals surface area contributed by atoms with Crippen molar-refractivity contribution in [2.45, 2.75) is 60.0 Å². The fraction of sp³-hybridized carbons (Fsp3) is 1.00. The summed E-state index contributed by atoms with van der Waals surface area (Å²) in [6, 6.07) is 0. The summed E-state index contributed by atoms with van der Waals surface area (Å²) in [6.07, 6.45) is 2.24. The third kappa shape index (κ3) is 12.0. The quantitative estimate of drug-likeness (QED) is 0.589. The van der Waals surface area contributed by atoms with Gasteiger partial charge in [-0.25, -0.2) is 0 Å². The zero-order chi connectivity index (χ0) is 12.6. The van der Waals surface area contributed by atoms with Crippen LogP contribution >= 0.6 is 0 Å². The van der Waals surface area contributed by atoms with Crippen molar-refractivity contribution in [3.05, 3.63) is 0 Å². The molecule has 2 heteroatoms. The highest BCUT2D eigenvalue weighted by Crippen LogP contribution is 2.10. The molecule has 0 fully saturated rings. The first-order valence-electron chi connectivity index (χ1n) is 6.53. The molecule has 0 heterocycles. The van der Waals surface area contributed by atoms with E-state index in [-0.39, 0.29) is 5.60 Å². The van der Waals surface area contributed by atoms with Crippen molar-refractivity contribution in [2.75, 3.05) is 19.8 Å². The molecule has 0 saturated heterocycles. The van der Waals surface area contributed by atoms with Gasteiger partial charge in [-0.3, -0.25) is 0 Å². The van der Waals surface area contributed by atoms with Crippen molar-refractivity contribution in [1.29, 1.82) is 0 Å². The maximum Gasteiger partial charge on any atom is 0.0598 e. The van der Waals surface area contributed by atoms with Crippen LogP contribution in [0.3, 0.4) is 0 Å². The zero-order valence-electron chi connectivity index (χ0n) is 12.0. The van der Waals surface area contributed by atoms with E-state index in [4.69, 9.17) is 9.47 Å². The highest BCUT2D eigenvalue weighted by atomic mass is 16.5. The molecule has 0 saturated carbocycles. The van der Waals surface area contributed by atoms with Crippen LogP contribution in [0.2, 0.25) is 0 Å². The Morgan fingerprint density at radius 1 is 0.938 bits per heavy atom. The van der Waals surface area contributed by atoms with Gasteiger partial charge in [0.1, 0.15) is 0 Å².